The van der Waals surface area contributed by atoms with E-state index in [4.69, 9.17) is 0 Å². The average Bonchev–Trinajstić information content (AvgIpc) is 3.54. The van der Waals surface area contributed by atoms with Gasteiger partial charge in [0.1, 0.15) is 17.2 Å². The van der Waals surface area contributed by atoms with E-state index in [1.54, 1.807) is 12.1 Å². The second-order valence-electron chi connectivity index (χ2n) is 7.67. The van der Waals surface area contributed by atoms with Crippen molar-refractivity contribution in [1.29, 1.82) is 0 Å². The summed E-state index contributed by atoms with van der Waals surface area (Å²) >= 11 is 0. The van der Waals surface area contributed by atoms with Gasteiger partial charge in [0.2, 0.25) is 5.91 Å². The van der Waals surface area contributed by atoms with E-state index in [1.807, 2.05) is 17.0 Å². The van der Waals surface area contributed by atoms with Crippen molar-refractivity contribution in [1.82, 2.24) is 4.90 Å². The Labute approximate surface area is 168 Å². The first-order valence-corrected chi connectivity index (χ1v) is 9.77. The third-order valence-corrected chi connectivity index (χ3v) is 5.54. The number of benzene rings is 2. The van der Waals surface area contributed by atoms with Gasteiger partial charge in [-0.25, -0.2) is 8.78 Å². The fourth-order valence-electron chi connectivity index (χ4n) is 3.64. The molecular formula is C23H22F2N2O2. The van der Waals surface area contributed by atoms with Crippen molar-refractivity contribution in [3.63, 3.8) is 0 Å². The zero-order valence-electron chi connectivity index (χ0n) is 16.2. The number of nitrogens with zero attached hydrogens (tertiary/aromatic N) is 1. The van der Waals surface area contributed by atoms with Crippen LogP contribution in [0.3, 0.4) is 0 Å². The Kier molecular flexibility index (Phi) is 5.18. The maximum atomic E-state index is 13.8. The van der Waals surface area contributed by atoms with Gasteiger partial charge in [0, 0.05) is 24.7 Å². The third kappa shape index (κ3) is 4.06. The summed E-state index contributed by atoms with van der Waals surface area (Å²) in [7, 11) is 0. The molecule has 1 heterocycles. The molecule has 150 valence electrons. The Bertz CT molecular complexity index is 974. The van der Waals surface area contributed by atoms with Crippen molar-refractivity contribution in [3.05, 3.63) is 70.8 Å². The maximum absolute atomic E-state index is 13.8. The van der Waals surface area contributed by atoms with Crippen molar-refractivity contribution >= 4 is 23.1 Å². The fourth-order valence-corrected chi connectivity index (χ4v) is 3.64. The number of hydrogen-bond donors (Lipinski definition) is 1. The fraction of sp³-hybridized carbons (Fsp3) is 0.304. The van der Waals surface area contributed by atoms with Crippen molar-refractivity contribution < 1.29 is 18.4 Å². The van der Waals surface area contributed by atoms with Crippen molar-refractivity contribution in [2.24, 2.45) is 5.92 Å². The molecule has 2 amide bonds. The summed E-state index contributed by atoms with van der Waals surface area (Å²) in [6, 6.07) is 10.4. The molecule has 2 aromatic carbocycles. The standard InChI is InChI=1S/C23H22F2N2O2/c1-14-11-12-27(23(29)16-5-6-16)13-18(14)15-7-9-17(10-8-15)26-22(28)21-19(24)3-2-4-20(21)25/h2-4,7-10,16H,5-6,11-13H2,1H3,(H,26,28). The monoisotopic (exact) mass is 396 g/mol. The molecule has 6 heteroatoms. The second-order valence-corrected chi connectivity index (χ2v) is 7.67. The van der Waals surface area contributed by atoms with Gasteiger partial charge >= 0.3 is 0 Å². The van der Waals surface area contributed by atoms with Crippen LogP contribution in [0.25, 0.3) is 5.57 Å². The van der Waals surface area contributed by atoms with Gasteiger partial charge in [-0.15, -0.1) is 0 Å². The second kappa shape index (κ2) is 7.78. The lowest BCUT2D eigenvalue weighted by atomic mass is 9.94. The smallest absolute Gasteiger partial charge is 0.261 e. The van der Waals surface area contributed by atoms with E-state index in [2.05, 4.69) is 12.2 Å². The highest BCUT2D eigenvalue weighted by molar-refractivity contribution is 6.04. The Hall–Kier alpha value is -3.02. The lowest BCUT2D eigenvalue weighted by molar-refractivity contribution is -0.132. The highest BCUT2D eigenvalue weighted by Gasteiger charge is 2.34. The molecule has 1 aliphatic carbocycles. The molecule has 1 aliphatic heterocycles. The zero-order valence-corrected chi connectivity index (χ0v) is 16.2. The molecule has 4 rings (SSSR count). The van der Waals surface area contributed by atoms with Crippen LogP contribution >= 0.6 is 0 Å². The molecule has 0 saturated heterocycles. The molecule has 2 aromatic rings. The van der Waals surface area contributed by atoms with Crippen molar-refractivity contribution in [3.8, 4) is 0 Å². The van der Waals surface area contributed by atoms with E-state index in [0.29, 0.717) is 12.2 Å². The van der Waals surface area contributed by atoms with E-state index in [1.165, 1.54) is 11.6 Å². The van der Waals surface area contributed by atoms with Crippen LogP contribution < -0.4 is 5.32 Å². The number of rotatable bonds is 4. The first kappa shape index (κ1) is 19.3. The first-order valence-electron chi connectivity index (χ1n) is 9.77. The molecular weight excluding hydrogens is 374 g/mol. The highest BCUT2D eigenvalue weighted by Crippen LogP contribution is 2.34. The summed E-state index contributed by atoms with van der Waals surface area (Å²) in [5, 5.41) is 2.53. The number of carbonyl (C=O) groups is 2. The first-order chi connectivity index (χ1) is 13.9. The van der Waals surface area contributed by atoms with Crippen LogP contribution in [0, 0.1) is 17.6 Å². The number of hydrogen-bond acceptors (Lipinski definition) is 2. The lowest BCUT2D eigenvalue weighted by Gasteiger charge is -2.30. The number of amides is 2. The van der Waals surface area contributed by atoms with Gasteiger partial charge in [-0.2, -0.15) is 0 Å². The van der Waals surface area contributed by atoms with E-state index in [9.17, 15) is 18.4 Å². The van der Waals surface area contributed by atoms with Crippen LogP contribution in [0.2, 0.25) is 0 Å². The molecule has 29 heavy (non-hydrogen) atoms. The van der Waals surface area contributed by atoms with Gasteiger partial charge < -0.3 is 10.2 Å². The molecule has 0 radical (unpaired) electrons. The number of anilines is 1. The Morgan fingerprint density at radius 2 is 1.69 bits per heavy atom. The predicted molar refractivity (Wildman–Crippen MR) is 107 cm³/mol. The summed E-state index contributed by atoms with van der Waals surface area (Å²) in [6.07, 6.45) is 2.83. The lowest BCUT2D eigenvalue weighted by Crippen LogP contribution is -2.37. The largest absolute Gasteiger partial charge is 0.338 e. The molecule has 2 aliphatic rings. The van der Waals surface area contributed by atoms with Gasteiger partial charge in [0.05, 0.1) is 0 Å². The van der Waals surface area contributed by atoms with E-state index in [-0.39, 0.29) is 11.8 Å². The number of nitrogens with one attached hydrogen (secondary N) is 1. The number of carbonyl (C=O) groups excluding carboxylic acids is 2. The summed E-state index contributed by atoms with van der Waals surface area (Å²) in [5.74, 6) is -2.19. The molecule has 4 nitrogen and oxygen atoms in total. The number of halogens is 2. The third-order valence-electron chi connectivity index (χ3n) is 5.54. The van der Waals surface area contributed by atoms with Crippen molar-refractivity contribution in [2.45, 2.75) is 26.2 Å². The summed E-state index contributed by atoms with van der Waals surface area (Å²) < 4.78 is 27.6. The quantitative estimate of drug-likeness (QED) is 0.819. The van der Waals surface area contributed by atoms with Gasteiger partial charge in [-0.1, -0.05) is 23.8 Å². The van der Waals surface area contributed by atoms with Gasteiger partial charge in [0.25, 0.3) is 5.91 Å². The maximum Gasteiger partial charge on any atom is 0.261 e. The molecule has 0 unspecified atom stereocenters. The Morgan fingerprint density at radius 3 is 2.31 bits per heavy atom. The van der Waals surface area contributed by atoms with E-state index >= 15 is 0 Å². The normalized spacial score (nSPS) is 16.7. The summed E-state index contributed by atoms with van der Waals surface area (Å²) in [4.78, 5) is 26.6. The minimum atomic E-state index is -0.900. The van der Waals surface area contributed by atoms with Crippen LogP contribution in [0.5, 0.6) is 0 Å². The molecule has 1 saturated carbocycles. The predicted octanol–water partition coefficient (Wildman–Crippen LogP) is 4.63. The summed E-state index contributed by atoms with van der Waals surface area (Å²) in [5.41, 5.74) is 3.18. The zero-order chi connectivity index (χ0) is 20.5. The van der Waals surface area contributed by atoms with Gasteiger partial charge in [-0.3, -0.25) is 9.59 Å². The minimum absolute atomic E-state index is 0.200. The molecule has 0 bridgehead atoms. The molecule has 1 fully saturated rings. The molecule has 0 spiro atoms. The van der Waals surface area contributed by atoms with Crippen molar-refractivity contribution in [2.75, 3.05) is 18.4 Å². The highest BCUT2D eigenvalue weighted by atomic mass is 19.1. The average molecular weight is 396 g/mol. The Balaban J connectivity index is 1.48. The van der Waals surface area contributed by atoms with Crippen LogP contribution in [0.1, 0.15) is 42.1 Å². The van der Waals surface area contributed by atoms with Gasteiger partial charge in [-0.05, 0) is 61.6 Å². The van der Waals surface area contributed by atoms with Crippen LogP contribution in [0.15, 0.2) is 48.0 Å². The summed E-state index contributed by atoms with van der Waals surface area (Å²) in [6.45, 7) is 3.42. The van der Waals surface area contributed by atoms with Crippen LogP contribution in [0.4, 0.5) is 14.5 Å². The molecule has 1 N–H and O–H groups in total. The topological polar surface area (TPSA) is 49.4 Å². The van der Waals surface area contributed by atoms with Crippen LogP contribution in [-0.2, 0) is 4.79 Å². The Morgan fingerprint density at radius 1 is 1.03 bits per heavy atom. The molecule has 0 aromatic heterocycles. The minimum Gasteiger partial charge on any atom is -0.338 e. The van der Waals surface area contributed by atoms with Gasteiger partial charge in [0.15, 0.2) is 0 Å². The van der Waals surface area contributed by atoms with E-state index < -0.39 is 23.1 Å². The van der Waals surface area contributed by atoms with E-state index in [0.717, 1.165) is 49.1 Å². The molecule has 0 atom stereocenters. The SMILES string of the molecule is CC1=C(c2ccc(NC(=O)c3c(F)cccc3F)cc2)CN(C(=O)C2CC2)CC1. The van der Waals surface area contributed by atoms with Crippen LogP contribution in [-0.4, -0.2) is 29.8 Å².